The van der Waals surface area contributed by atoms with Crippen LogP contribution < -0.4 is 5.73 Å². The Balaban J connectivity index is 2.25. The highest BCUT2D eigenvalue weighted by Gasteiger charge is 2.13. The van der Waals surface area contributed by atoms with Crippen LogP contribution in [0.2, 0.25) is 0 Å². The normalized spacial score (nSPS) is 11.3. The summed E-state index contributed by atoms with van der Waals surface area (Å²) in [5.41, 5.74) is 11.1. The molecule has 3 rings (SSSR count). The molecule has 0 fully saturated rings. The number of hydrogen-bond donors (Lipinski definition) is 2. The van der Waals surface area contributed by atoms with Crippen LogP contribution in [-0.4, -0.2) is 15.0 Å². The van der Waals surface area contributed by atoms with E-state index in [0.717, 1.165) is 27.4 Å². The summed E-state index contributed by atoms with van der Waals surface area (Å²) in [6.07, 6.45) is 0. The predicted molar refractivity (Wildman–Crippen MR) is 75.8 cm³/mol. The quantitative estimate of drug-likeness (QED) is 0.704. The third-order valence-corrected chi connectivity index (χ3v) is 3.94. The second-order valence-corrected chi connectivity index (χ2v) is 5.56. The molecular weight excluding hydrogens is 244 g/mol. The van der Waals surface area contributed by atoms with Crippen LogP contribution in [-0.2, 0) is 0 Å². The van der Waals surface area contributed by atoms with Crippen LogP contribution in [0.3, 0.4) is 0 Å². The fourth-order valence-electron chi connectivity index (χ4n) is 2.22. The van der Waals surface area contributed by atoms with Crippen molar-refractivity contribution < 1.29 is 0 Å². The van der Waals surface area contributed by atoms with E-state index in [1.54, 1.807) is 0 Å². The Morgan fingerprint density at radius 2 is 1.94 bits per heavy atom. The van der Waals surface area contributed by atoms with Crippen LogP contribution >= 0.6 is 11.3 Å². The minimum absolute atomic E-state index is 0.579. The van der Waals surface area contributed by atoms with E-state index in [4.69, 9.17) is 5.73 Å². The third-order valence-electron chi connectivity index (χ3n) is 2.95. The summed E-state index contributed by atoms with van der Waals surface area (Å²) >= 11 is 1.47. The summed E-state index contributed by atoms with van der Waals surface area (Å²) in [5, 5.41) is 0.579. The lowest BCUT2D eigenvalue weighted by Crippen LogP contribution is -1.81. The van der Waals surface area contributed by atoms with Gasteiger partial charge in [-0.2, -0.15) is 0 Å². The van der Waals surface area contributed by atoms with E-state index >= 15 is 0 Å². The summed E-state index contributed by atoms with van der Waals surface area (Å²) in [5.74, 6) is 0.852. The molecule has 0 spiro atoms. The second-order valence-electron chi connectivity index (χ2n) is 4.53. The number of imidazole rings is 1. The molecule has 3 aromatic rings. The molecule has 2 heterocycles. The Hall–Kier alpha value is -1.88. The highest BCUT2D eigenvalue weighted by Crippen LogP contribution is 2.31. The van der Waals surface area contributed by atoms with Crippen molar-refractivity contribution in [2.75, 3.05) is 5.73 Å². The summed E-state index contributed by atoms with van der Waals surface area (Å²) in [4.78, 5) is 13.3. The number of fused-ring (bicyclic) bond motifs is 1. The van der Waals surface area contributed by atoms with Crippen molar-refractivity contribution >= 4 is 27.5 Å². The van der Waals surface area contributed by atoms with E-state index in [-0.39, 0.29) is 0 Å². The van der Waals surface area contributed by atoms with Crippen LogP contribution in [0.1, 0.15) is 16.8 Å². The molecule has 92 valence electrons. The Morgan fingerprint density at radius 1 is 1.17 bits per heavy atom. The number of aromatic nitrogens is 3. The summed E-state index contributed by atoms with van der Waals surface area (Å²) in [7, 11) is 0. The molecule has 5 heteroatoms. The van der Waals surface area contributed by atoms with Crippen molar-refractivity contribution in [1.82, 2.24) is 15.0 Å². The van der Waals surface area contributed by atoms with E-state index < -0.39 is 0 Å². The molecular formula is C13H14N4S. The largest absolute Gasteiger partial charge is 0.375 e. The minimum atomic E-state index is 0.579. The Bertz CT molecular complexity index is 739. The third kappa shape index (κ3) is 1.67. The molecule has 0 aliphatic carbocycles. The minimum Gasteiger partial charge on any atom is -0.375 e. The second kappa shape index (κ2) is 3.81. The van der Waals surface area contributed by atoms with E-state index in [9.17, 15) is 0 Å². The van der Waals surface area contributed by atoms with Crippen molar-refractivity contribution in [2.24, 2.45) is 0 Å². The Morgan fingerprint density at radius 3 is 2.61 bits per heavy atom. The smallest absolute Gasteiger partial charge is 0.180 e. The first-order chi connectivity index (χ1) is 8.54. The van der Waals surface area contributed by atoms with E-state index in [2.05, 4.69) is 40.9 Å². The number of aryl methyl sites for hydroxylation is 3. The van der Waals surface area contributed by atoms with Crippen LogP contribution in [0.15, 0.2) is 12.1 Å². The maximum atomic E-state index is 5.73. The molecule has 0 saturated heterocycles. The van der Waals surface area contributed by atoms with E-state index in [1.165, 1.54) is 22.5 Å². The van der Waals surface area contributed by atoms with Gasteiger partial charge in [0.15, 0.2) is 11.0 Å². The van der Waals surface area contributed by atoms with E-state index in [0.29, 0.717) is 5.13 Å². The fraction of sp³-hybridized carbons (Fsp3) is 0.231. The van der Waals surface area contributed by atoms with Gasteiger partial charge in [-0.25, -0.2) is 9.97 Å². The van der Waals surface area contributed by atoms with Crippen molar-refractivity contribution in [3.8, 4) is 10.7 Å². The number of anilines is 1. The van der Waals surface area contributed by atoms with Gasteiger partial charge in [-0.1, -0.05) is 17.4 Å². The first kappa shape index (κ1) is 11.2. The molecule has 0 amide bonds. The molecule has 0 aliphatic rings. The lowest BCUT2D eigenvalue weighted by Gasteiger charge is -1.96. The molecule has 0 unspecified atom stereocenters. The number of rotatable bonds is 1. The van der Waals surface area contributed by atoms with Gasteiger partial charge in [0.1, 0.15) is 0 Å². The molecule has 18 heavy (non-hydrogen) atoms. The van der Waals surface area contributed by atoms with Gasteiger partial charge in [0.25, 0.3) is 0 Å². The molecule has 1 aromatic carbocycles. The standard InChI is InChI=1S/C13H14N4S/c1-6-4-7(2)10-9(5-6)16-12(17-10)11-8(3)15-13(14)18-11/h4-5H,1-3H3,(H2,14,15)(H,16,17). The van der Waals surface area contributed by atoms with Crippen LogP contribution in [0.25, 0.3) is 21.7 Å². The van der Waals surface area contributed by atoms with Crippen molar-refractivity contribution in [1.29, 1.82) is 0 Å². The molecule has 0 bridgehead atoms. The molecule has 4 nitrogen and oxygen atoms in total. The zero-order valence-corrected chi connectivity index (χ0v) is 11.4. The zero-order valence-electron chi connectivity index (χ0n) is 10.5. The van der Waals surface area contributed by atoms with Gasteiger partial charge in [-0.05, 0) is 38.0 Å². The number of nitrogens with one attached hydrogen (secondary N) is 1. The van der Waals surface area contributed by atoms with Crippen LogP contribution in [0.5, 0.6) is 0 Å². The SMILES string of the molecule is Cc1cc(C)c2nc(-c3sc(N)nc3C)[nH]c2c1. The van der Waals surface area contributed by atoms with Crippen molar-refractivity contribution in [3.05, 3.63) is 29.0 Å². The van der Waals surface area contributed by atoms with Gasteiger partial charge in [0.05, 0.1) is 21.6 Å². The van der Waals surface area contributed by atoms with Gasteiger partial charge in [0.2, 0.25) is 0 Å². The average molecular weight is 258 g/mol. The number of nitrogens with zero attached hydrogens (tertiary/aromatic N) is 2. The fourth-order valence-corrected chi connectivity index (χ4v) is 2.99. The summed E-state index contributed by atoms with van der Waals surface area (Å²) in [6, 6.07) is 4.25. The van der Waals surface area contributed by atoms with Crippen molar-refractivity contribution in [3.63, 3.8) is 0 Å². The molecule has 0 radical (unpaired) electrons. The Kier molecular flexibility index (Phi) is 2.38. The topological polar surface area (TPSA) is 67.6 Å². The van der Waals surface area contributed by atoms with Gasteiger partial charge in [-0.3, -0.25) is 0 Å². The van der Waals surface area contributed by atoms with Crippen LogP contribution in [0, 0.1) is 20.8 Å². The molecule has 3 N–H and O–H groups in total. The number of aromatic amines is 1. The van der Waals surface area contributed by atoms with Gasteiger partial charge >= 0.3 is 0 Å². The first-order valence-electron chi connectivity index (χ1n) is 5.75. The highest BCUT2D eigenvalue weighted by molar-refractivity contribution is 7.18. The number of nitrogen functional groups attached to an aromatic ring is 1. The summed E-state index contributed by atoms with van der Waals surface area (Å²) in [6.45, 7) is 6.12. The monoisotopic (exact) mass is 258 g/mol. The highest BCUT2D eigenvalue weighted by atomic mass is 32.1. The first-order valence-corrected chi connectivity index (χ1v) is 6.56. The van der Waals surface area contributed by atoms with Crippen LogP contribution in [0.4, 0.5) is 5.13 Å². The summed E-state index contributed by atoms with van der Waals surface area (Å²) < 4.78 is 0. The maximum absolute atomic E-state index is 5.73. The molecule has 2 aromatic heterocycles. The predicted octanol–water partition coefficient (Wildman–Crippen LogP) is 3.19. The molecule has 0 saturated carbocycles. The van der Waals surface area contributed by atoms with Gasteiger partial charge in [0, 0.05) is 0 Å². The Labute approximate surface area is 109 Å². The molecule has 0 aliphatic heterocycles. The maximum Gasteiger partial charge on any atom is 0.180 e. The lowest BCUT2D eigenvalue weighted by molar-refractivity contribution is 1.25. The van der Waals surface area contributed by atoms with E-state index in [1.807, 2.05) is 6.92 Å². The number of nitrogens with two attached hydrogens (primary N) is 1. The zero-order chi connectivity index (χ0) is 12.9. The average Bonchev–Trinajstić information content (AvgIpc) is 2.81. The lowest BCUT2D eigenvalue weighted by atomic mass is 10.1. The number of benzene rings is 1. The van der Waals surface area contributed by atoms with Gasteiger partial charge < -0.3 is 10.7 Å². The molecule has 0 atom stereocenters. The van der Waals surface area contributed by atoms with Crippen molar-refractivity contribution in [2.45, 2.75) is 20.8 Å². The van der Waals surface area contributed by atoms with Gasteiger partial charge in [-0.15, -0.1) is 0 Å². The number of hydrogen-bond acceptors (Lipinski definition) is 4. The number of thiazole rings is 1. The number of H-pyrrole nitrogens is 1.